The second-order valence-corrected chi connectivity index (χ2v) is 2.86. The van der Waals surface area contributed by atoms with E-state index in [1.807, 2.05) is 0 Å². The summed E-state index contributed by atoms with van der Waals surface area (Å²) in [5.74, 6) is 0. The Morgan fingerprint density at radius 1 is 1.36 bits per heavy atom. The number of rotatable bonds is 3. The van der Waals surface area contributed by atoms with Crippen LogP contribution in [0.15, 0.2) is 12.4 Å². The standard InChI is InChI=1S/C8H16N2.K/c1-3-4-5-10-7-6-9(2)8-10;/h6-7H,3-5,8H2,1-2H3;. The molecular formula is C8H16KN2. The van der Waals surface area contributed by atoms with Crippen molar-refractivity contribution >= 4 is 51.4 Å². The molecule has 0 saturated carbocycles. The fourth-order valence-corrected chi connectivity index (χ4v) is 1.10. The predicted octanol–water partition coefficient (Wildman–Crippen LogP) is 1.08. The molecule has 0 saturated heterocycles. The molecule has 0 aromatic heterocycles. The van der Waals surface area contributed by atoms with E-state index < -0.39 is 0 Å². The Kier molecular flexibility index (Phi) is 7.06. The van der Waals surface area contributed by atoms with Gasteiger partial charge >= 0.3 is 0 Å². The van der Waals surface area contributed by atoms with Gasteiger partial charge in [-0.05, 0) is 6.42 Å². The van der Waals surface area contributed by atoms with Crippen LogP contribution in [0.25, 0.3) is 0 Å². The van der Waals surface area contributed by atoms with E-state index in [0.29, 0.717) is 0 Å². The first-order valence-electron chi connectivity index (χ1n) is 3.95. The first-order valence-corrected chi connectivity index (χ1v) is 3.95. The summed E-state index contributed by atoms with van der Waals surface area (Å²) in [7, 11) is 2.10. The van der Waals surface area contributed by atoms with Crippen LogP contribution in [0.5, 0.6) is 0 Å². The Morgan fingerprint density at radius 3 is 2.55 bits per heavy atom. The zero-order chi connectivity index (χ0) is 7.40. The predicted molar refractivity (Wildman–Crippen MR) is 49.1 cm³/mol. The number of nitrogens with zero attached hydrogens (tertiary/aromatic N) is 2. The maximum Gasteiger partial charge on any atom is 0.0890 e. The number of unbranched alkanes of at least 4 members (excludes halogenated alkanes) is 1. The summed E-state index contributed by atoms with van der Waals surface area (Å²) < 4.78 is 0. The van der Waals surface area contributed by atoms with Crippen LogP contribution >= 0.6 is 0 Å². The molecule has 0 aliphatic carbocycles. The minimum absolute atomic E-state index is 0. The molecule has 59 valence electrons. The van der Waals surface area contributed by atoms with Gasteiger partial charge in [0.15, 0.2) is 0 Å². The van der Waals surface area contributed by atoms with Crippen LogP contribution in [0, 0.1) is 0 Å². The second-order valence-electron chi connectivity index (χ2n) is 2.86. The fourth-order valence-electron chi connectivity index (χ4n) is 1.10. The second kappa shape index (κ2) is 6.49. The van der Waals surface area contributed by atoms with Gasteiger partial charge in [-0.3, -0.25) is 0 Å². The zero-order valence-corrected chi connectivity index (χ0v) is 11.0. The van der Waals surface area contributed by atoms with Gasteiger partial charge in [0.25, 0.3) is 0 Å². The normalized spacial score (nSPS) is 15.5. The van der Waals surface area contributed by atoms with Crippen molar-refractivity contribution in [2.24, 2.45) is 0 Å². The van der Waals surface area contributed by atoms with Crippen molar-refractivity contribution in [1.82, 2.24) is 9.80 Å². The van der Waals surface area contributed by atoms with Gasteiger partial charge < -0.3 is 9.80 Å². The molecule has 0 aromatic rings. The topological polar surface area (TPSA) is 6.48 Å². The van der Waals surface area contributed by atoms with Gasteiger partial charge in [-0.15, -0.1) is 0 Å². The first kappa shape index (κ1) is 12.0. The van der Waals surface area contributed by atoms with E-state index in [-0.39, 0.29) is 51.4 Å². The summed E-state index contributed by atoms with van der Waals surface area (Å²) in [6.07, 6.45) is 6.87. The van der Waals surface area contributed by atoms with Crippen molar-refractivity contribution in [2.45, 2.75) is 19.8 Å². The largest absolute Gasteiger partial charge is 0.362 e. The Balaban J connectivity index is 0.000001000. The summed E-state index contributed by atoms with van der Waals surface area (Å²) in [4.78, 5) is 4.53. The molecule has 0 bridgehead atoms. The van der Waals surface area contributed by atoms with E-state index in [4.69, 9.17) is 0 Å². The molecule has 3 heteroatoms. The smallest absolute Gasteiger partial charge is 0.0890 e. The number of hydrogen-bond acceptors (Lipinski definition) is 2. The van der Waals surface area contributed by atoms with Gasteiger partial charge in [0.05, 0.1) is 6.67 Å². The van der Waals surface area contributed by atoms with Crippen molar-refractivity contribution in [3.63, 3.8) is 0 Å². The van der Waals surface area contributed by atoms with Crippen LogP contribution in [0.4, 0.5) is 0 Å². The van der Waals surface area contributed by atoms with Crippen LogP contribution in [-0.4, -0.2) is 81.4 Å². The van der Waals surface area contributed by atoms with E-state index in [1.165, 1.54) is 19.4 Å². The Morgan fingerprint density at radius 2 is 2.09 bits per heavy atom. The van der Waals surface area contributed by atoms with E-state index >= 15 is 0 Å². The number of hydrogen-bond donors (Lipinski definition) is 0. The molecule has 0 unspecified atom stereocenters. The minimum atomic E-state index is 0. The Hall–Kier alpha value is 0.976. The first-order chi connectivity index (χ1) is 4.83. The maximum absolute atomic E-state index is 2.34. The zero-order valence-electron chi connectivity index (χ0n) is 7.88. The summed E-state index contributed by atoms with van der Waals surface area (Å²) in [6, 6.07) is 0. The Bertz CT molecular complexity index is 125. The molecule has 2 nitrogen and oxygen atoms in total. The Labute approximate surface area is 112 Å². The third-order valence-electron chi connectivity index (χ3n) is 1.74. The molecule has 0 spiro atoms. The van der Waals surface area contributed by atoms with Gasteiger partial charge in [0.2, 0.25) is 0 Å². The SMILES string of the molecule is CCCCN1C=CN(C)C1.[K]. The quantitative estimate of drug-likeness (QED) is 0.598. The van der Waals surface area contributed by atoms with Crippen LogP contribution < -0.4 is 0 Å². The van der Waals surface area contributed by atoms with E-state index in [1.54, 1.807) is 0 Å². The molecule has 1 aliphatic rings. The molecule has 1 heterocycles. The van der Waals surface area contributed by atoms with Crippen LogP contribution in [0.3, 0.4) is 0 Å². The van der Waals surface area contributed by atoms with Crippen molar-refractivity contribution in [3.05, 3.63) is 12.4 Å². The molecule has 1 rings (SSSR count). The average Bonchev–Trinajstić information content (AvgIpc) is 2.31. The van der Waals surface area contributed by atoms with Crippen LogP contribution in [0.2, 0.25) is 0 Å². The van der Waals surface area contributed by atoms with Crippen molar-refractivity contribution < 1.29 is 0 Å². The summed E-state index contributed by atoms with van der Waals surface area (Å²) in [5, 5.41) is 0. The fraction of sp³-hybridized carbons (Fsp3) is 0.750. The van der Waals surface area contributed by atoms with Gasteiger partial charge in [-0.2, -0.15) is 0 Å². The van der Waals surface area contributed by atoms with Gasteiger partial charge in [0, 0.05) is 77.4 Å². The van der Waals surface area contributed by atoms with Crippen molar-refractivity contribution in [1.29, 1.82) is 0 Å². The van der Waals surface area contributed by atoms with E-state index in [9.17, 15) is 0 Å². The van der Waals surface area contributed by atoms with Gasteiger partial charge in [-0.25, -0.2) is 0 Å². The van der Waals surface area contributed by atoms with E-state index in [0.717, 1.165) is 6.67 Å². The van der Waals surface area contributed by atoms with Gasteiger partial charge in [-0.1, -0.05) is 13.3 Å². The monoisotopic (exact) mass is 179 g/mol. The summed E-state index contributed by atoms with van der Waals surface area (Å²) >= 11 is 0. The average molecular weight is 179 g/mol. The third-order valence-corrected chi connectivity index (χ3v) is 1.74. The molecule has 0 amide bonds. The minimum Gasteiger partial charge on any atom is -0.362 e. The van der Waals surface area contributed by atoms with Crippen molar-refractivity contribution in [2.75, 3.05) is 20.3 Å². The molecular weight excluding hydrogens is 163 g/mol. The molecule has 11 heavy (non-hydrogen) atoms. The molecule has 1 radical (unpaired) electrons. The molecule has 1 aliphatic heterocycles. The maximum atomic E-state index is 2.34. The molecule has 0 fully saturated rings. The molecule has 0 aromatic carbocycles. The van der Waals surface area contributed by atoms with Crippen molar-refractivity contribution in [3.8, 4) is 0 Å². The molecule has 0 N–H and O–H groups in total. The summed E-state index contributed by atoms with van der Waals surface area (Å²) in [6.45, 7) is 4.50. The van der Waals surface area contributed by atoms with Crippen LogP contribution in [0.1, 0.15) is 19.8 Å². The third kappa shape index (κ3) is 4.53. The molecule has 0 atom stereocenters. The van der Waals surface area contributed by atoms with Gasteiger partial charge in [0.1, 0.15) is 0 Å². The van der Waals surface area contributed by atoms with Crippen LogP contribution in [-0.2, 0) is 0 Å². The van der Waals surface area contributed by atoms with E-state index in [2.05, 4.69) is 36.2 Å². The summed E-state index contributed by atoms with van der Waals surface area (Å²) in [5.41, 5.74) is 0.